The van der Waals surface area contributed by atoms with E-state index in [4.69, 9.17) is 5.73 Å². The highest BCUT2D eigenvalue weighted by atomic mass is 79.9. The molecule has 0 spiro atoms. The molecule has 2 aromatic rings. The first-order valence-corrected chi connectivity index (χ1v) is 6.95. The molecule has 0 saturated carbocycles. The summed E-state index contributed by atoms with van der Waals surface area (Å²) >= 11 is 3.30. The minimum absolute atomic E-state index is 0.0189. The maximum atomic E-state index is 12.3. The second kappa shape index (κ2) is 6.54. The van der Waals surface area contributed by atoms with E-state index >= 15 is 0 Å². The Morgan fingerprint density at radius 2 is 1.95 bits per heavy atom. The highest BCUT2D eigenvalue weighted by molar-refractivity contribution is 9.10. The van der Waals surface area contributed by atoms with Crippen molar-refractivity contribution in [2.24, 2.45) is 5.73 Å². The molecule has 104 valence electrons. The lowest BCUT2D eigenvalue weighted by Gasteiger charge is -2.16. The van der Waals surface area contributed by atoms with Crippen LogP contribution in [0.1, 0.15) is 11.5 Å². The topological polar surface area (TPSA) is 75.4 Å². The average Bonchev–Trinajstić information content (AvgIpc) is 2.45. The molecule has 0 heterocycles. The summed E-state index contributed by atoms with van der Waals surface area (Å²) in [4.78, 5) is 12.3. The number of anilines is 1. The SMILES string of the molecule is NCC(C(=O)Nc1cc(Br)ccc1O)c1ccccc1. The number of amides is 1. The quantitative estimate of drug-likeness (QED) is 0.752. The van der Waals surface area contributed by atoms with E-state index in [1.807, 2.05) is 30.3 Å². The summed E-state index contributed by atoms with van der Waals surface area (Å²) in [6.07, 6.45) is 0. The number of hydrogen-bond donors (Lipinski definition) is 3. The predicted molar refractivity (Wildman–Crippen MR) is 82.7 cm³/mol. The molecule has 0 aliphatic carbocycles. The van der Waals surface area contributed by atoms with Gasteiger partial charge in [0.15, 0.2) is 0 Å². The van der Waals surface area contributed by atoms with E-state index in [1.165, 1.54) is 6.07 Å². The molecular formula is C15H15BrN2O2. The van der Waals surface area contributed by atoms with E-state index in [2.05, 4.69) is 21.2 Å². The molecule has 0 fully saturated rings. The van der Waals surface area contributed by atoms with Crippen LogP contribution in [0, 0.1) is 0 Å². The number of aromatic hydroxyl groups is 1. The van der Waals surface area contributed by atoms with Crippen LogP contribution in [0.4, 0.5) is 5.69 Å². The highest BCUT2D eigenvalue weighted by Crippen LogP contribution is 2.28. The lowest BCUT2D eigenvalue weighted by Crippen LogP contribution is -2.27. The fourth-order valence-electron chi connectivity index (χ4n) is 1.91. The van der Waals surface area contributed by atoms with Crippen LogP contribution in [0.2, 0.25) is 0 Å². The standard InChI is InChI=1S/C15H15BrN2O2/c16-11-6-7-14(19)13(8-11)18-15(20)12(9-17)10-4-2-1-3-5-10/h1-8,12,19H,9,17H2,(H,18,20). The van der Waals surface area contributed by atoms with E-state index in [1.54, 1.807) is 12.1 Å². The third-order valence-electron chi connectivity index (χ3n) is 2.97. The van der Waals surface area contributed by atoms with Crippen LogP contribution in [0.15, 0.2) is 53.0 Å². The molecule has 0 saturated heterocycles. The predicted octanol–water partition coefficient (Wildman–Crippen LogP) is 2.84. The maximum absolute atomic E-state index is 12.3. The average molecular weight is 335 g/mol. The molecule has 2 rings (SSSR count). The smallest absolute Gasteiger partial charge is 0.233 e. The first kappa shape index (κ1) is 14.6. The number of hydrogen-bond acceptors (Lipinski definition) is 3. The van der Waals surface area contributed by atoms with Gasteiger partial charge >= 0.3 is 0 Å². The number of phenols is 1. The van der Waals surface area contributed by atoms with Gasteiger partial charge in [0, 0.05) is 11.0 Å². The van der Waals surface area contributed by atoms with Crippen molar-refractivity contribution in [3.05, 3.63) is 58.6 Å². The van der Waals surface area contributed by atoms with Crippen LogP contribution in [0.25, 0.3) is 0 Å². The minimum Gasteiger partial charge on any atom is -0.506 e. The summed E-state index contributed by atoms with van der Waals surface area (Å²) in [5.74, 6) is -0.674. The number of nitrogens with two attached hydrogens (primary N) is 1. The minimum atomic E-state index is -0.449. The fraction of sp³-hybridized carbons (Fsp3) is 0.133. The number of carbonyl (C=O) groups excluding carboxylic acids is 1. The van der Waals surface area contributed by atoms with Gasteiger partial charge in [-0.25, -0.2) is 0 Å². The summed E-state index contributed by atoms with van der Waals surface area (Å²) in [5.41, 5.74) is 6.90. The van der Waals surface area contributed by atoms with Gasteiger partial charge in [-0.05, 0) is 23.8 Å². The summed E-state index contributed by atoms with van der Waals surface area (Å²) in [7, 11) is 0. The summed E-state index contributed by atoms with van der Waals surface area (Å²) in [5, 5.41) is 12.4. The zero-order valence-corrected chi connectivity index (χ0v) is 12.3. The van der Waals surface area contributed by atoms with Crippen LogP contribution >= 0.6 is 15.9 Å². The first-order chi connectivity index (χ1) is 9.61. The van der Waals surface area contributed by atoms with Crippen molar-refractivity contribution < 1.29 is 9.90 Å². The first-order valence-electron chi connectivity index (χ1n) is 6.16. The van der Waals surface area contributed by atoms with Crippen molar-refractivity contribution in [1.82, 2.24) is 0 Å². The molecule has 4 nitrogen and oxygen atoms in total. The third-order valence-corrected chi connectivity index (χ3v) is 3.46. The Hall–Kier alpha value is -1.85. The molecule has 4 N–H and O–H groups in total. The number of halogens is 1. The molecular weight excluding hydrogens is 320 g/mol. The second-order valence-corrected chi connectivity index (χ2v) is 5.27. The zero-order chi connectivity index (χ0) is 14.5. The Bertz CT molecular complexity index is 602. The molecule has 1 amide bonds. The number of carbonyl (C=O) groups is 1. The second-order valence-electron chi connectivity index (χ2n) is 4.35. The van der Waals surface area contributed by atoms with Crippen molar-refractivity contribution in [3.8, 4) is 5.75 Å². The van der Waals surface area contributed by atoms with Crippen molar-refractivity contribution in [2.45, 2.75) is 5.92 Å². The molecule has 0 radical (unpaired) electrons. The molecule has 1 atom stereocenters. The third kappa shape index (κ3) is 3.37. The van der Waals surface area contributed by atoms with Crippen molar-refractivity contribution in [3.63, 3.8) is 0 Å². The van der Waals surface area contributed by atoms with E-state index in [9.17, 15) is 9.90 Å². The van der Waals surface area contributed by atoms with Crippen LogP contribution in [0.5, 0.6) is 5.75 Å². The molecule has 2 aromatic carbocycles. The van der Waals surface area contributed by atoms with Gasteiger partial charge in [0.1, 0.15) is 5.75 Å². The lowest BCUT2D eigenvalue weighted by molar-refractivity contribution is -0.117. The highest BCUT2D eigenvalue weighted by Gasteiger charge is 2.19. The van der Waals surface area contributed by atoms with E-state index in [-0.39, 0.29) is 18.2 Å². The van der Waals surface area contributed by atoms with E-state index < -0.39 is 5.92 Å². The summed E-state index contributed by atoms with van der Waals surface area (Å²) < 4.78 is 0.773. The lowest BCUT2D eigenvalue weighted by atomic mass is 9.98. The van der Waals surface area contributed by atoms with E-state index in [0.29, 0.717) is 5.69 Å². The van der Waals surface area contributed by atoms with Crippen LogP contribution < -0.4 is 11.1 Å². The molecule has 20 heavy (non-hydrogen) atoms. The molecule has 0 bridgehead atoms. The molecule has 0 aromatic heterocycles. The summed E-state index contributed by atoms with van der Waals surface area (Å²) in [6.45, 7) is 0.199. The van der Waals surface area contributed by atoms with Gasteiger partial charge in [0.05, 0.1) is 11.6 Å². The van der Waals surface area contributed by atoms with Crippen molar-refractivity contribution in [2.75, 3.05) is 11.9 Å². The van der Waals surface area contributed by atoms with Crippen LogP contribution in [-0.4, -0.2) is 17.6 Å². The van der Waals surface area contributed by atoms with Gasteiger partial charge in [-0.1, -0.05) is 46.3 Å². The van der Waals surface area contributed by atoms with Gasteiger partial charge in [0.2, 0.25) is 5.91 Å². The van der Waals surface area contributed by atoms with E-state index in [0.717, 1.165) is 10.0 Å². The number of rotatable bonds is 4. The number of nitrogens with one attached hydrogen (secondary N) is 1. The van der Waals surface area contributed by atoms with Crippen LogP contribution in [0.3, 0.4) is 0 Å². The number of phenolic OH excluding ortho intramolecular Hbond substituents is 1. The van der Waals surface area contributed by atoms with Gasteiger partial charge in [-0.2, -0.15) is 0 Å². The van der Waals surface area contributed by atoms with Gasteiger partial charge in [-0.3, -0.25) is 4.79 Å². The Labute approximate surface area is 125 Å². The van der Waals surface area contributed by atoms with Crippen molar-refractivity contribution in [1.29, 1.82) is 0 Å². The Kier molecular flexibility index (Phi) is 4.76. The molecule has 1 unspecified atom stereocenters. The maximum Gasteiger partial charge on any atom is 0.233 e. The monoisotopic (exact) mass is 334 g/mol. The number of benzene rings is 2. The Morgan fingerprint density at radius 3 is 2.60 bits per heavy atom. The van der Waals surface area contributed by atoms with Crippen LogP contribution in [-0.2, 0) is 4.79 Å². The Morgan fingerprint density at radius 1 is 1.25 bits per heavy atom. The fourth-order valence-corrected chi connectivity index (χ4v) is 2.27. The largest absolute Gasteiger partial charge is 0.506 e. The Balaban J connectivity index is 2.20. The van der Waals surface area contributed by atoms with Gasteiger partial charge < -0.3 is 16.2 Å². The van der Waals surface area contributed by atoms with Gasteiger partial charge in [-0.15, -0.1) is 0 Å². The normalized spacial score (nSPS) is 11.9. The zero-order valence-electron chi connectivity index (χ0n) is 10.7. The molecule has 0 aliphatic rings. The molecule has 5 heteroatoms. The van der Waals surface area contributed by atoms with Gasteiger partial charge in [0.25, 0.3) is 0 Å². The van der Waals surface area contributed by atoms with Crippen molar-refractivity contribution >= 4 is 27.5 Å². The molecule has 0 aliphatic heterocycles. The summed E-state index contributed by atoms with van der Waals surface area (Å²) in [6, 6.07) is 14.2.